The molecule has 29 heavy (non-hydrogen) atoms. The van der Waals surface area contributed by atoms with Crippen molar-refractivity contribution >= 4 is 35.2 Å². The van der Waals surface area contributed by atoms with Gasteiger partial charge in [-0.1, -0.05) is 36.2 Å². The number of nitrogens with zero attached hydrogens (tertiary/aromatic N) is 4. The molecule has 1 aliphatic heterocycles. The average Bonchev–Trinajstić information content (AvgIpc) is 3.11. The second-order valence-corrected chi connectivity index (χ2v) is 7.46. The van der Waals surface area contributed by atoms with Crippen LogP contribution in [-0.2, 0) is 11.2 Å². The van der Waals surface area contributed by atoms with Crippen LogP contribution in [-0.4, -0.2) is 57.4 Å². The number of piperidine rings is 1. The fourth-order valence-electron chi connectivity index (χ4n) is 3.29. The molecule has 0 radical (unpaired) electrons. The van der Waals surface area contributed by atoms with Crippen LogP contribution in [0, 0.1) is 0 Å². The molecular weight excluding hydrogens is 417 g/mol. The van der Waals surface area contributed by atoms with E-state index < -0.39 is 6.09 Å². The summed E-state index contributed by atoms with van der Waals surface area (Å²) in [7, 11) is 0. The molecule has 1 aromatic carbocycles. The summed E-state index contributed by atoms with van der Waals surface area (Å²) in [6, 6.07) is 4.99. The quantitative estimate of drug-likeness (QED) is 0.769. The second-order valence-electron chi connectivity index (χ2n) is 6.64. The van der Waals surface area contributed by atoms with Crippen LogP contribution in [0.1, 0.15) is 43.1 Å². The van der Waals surface area contributed by atoms with Crippen molar-refractivity contribution in [2.45, 2.75) is 39.2 Å². The summed E-state index contributed by atoms with van der Waals surface area (Å²) in [5, 5.41) is 8.03. The zero-order valence-corrected chi connectivity index (χ0v) is 17.8. The lowest BCUT2D eigenvalue weighted by Crippen LogP contribution is -2.50. The highest BCUT2D eigenvalue weighted by Crippen LogP contribution is 2.29. The lowest BCUT2D eigenvalue weighted by atomic mass is 10.1. The molecule has 1 fully saturated rings. The zero-order valence-electron chi connectivity index (χ0n) is 16.3. The van der Waals surface area contributed by atoms with Crippen LogP contribution in [0.25, 0.3) is 5.69 Å². The molecule has 2 amide bonds. The van der Waals surface area contributed by atoms with Gasteiger partial charge in [-0.3, -0.25) is 4.79 Å². The molecule has 1 unspecified atom stereocenters. The Morgan fingerprint density at radius 1 is 1.28 bits per heavy atom. The molecule has 3 rings (SSSR count). The van der Waals surface area contributed by atoms with E-state index in [9.17, 15) is 9.59 Å². The fourth-order valence-corrected chi connectivity index (χ4v) is 3.85. The number of hydrogen-bond acceptors (Lipinski definition) is 5. The van der Waals surface area contributed by atoms with E-state index in [1.807, 2.05) is 6.92 Å². The Morgan fingerprint density at radius 2 is 2.00 bits per heavy atom. The molecule has 156 valence electrons. The minimum Gasteiger partial charge on any atom is -0.450 e. The summed E-state index contributed by atoms with van der Waals surface area (Å²) >= 11 is 12.6. The first-order valence-electron chi connectivity index (χ1n) is 9.57. The second kappa shape index (κ2) is 9.45. The van der Waals surface area contributed by atoms with Crippen molar-refractivity contribution < 1.29 is 14.3 Å². The van der Waals surface area contributed by atoms with Gasteiger partial charge in [-0.15, -0.1) is 5.10 Å². The lowest BCUT2D eigenvalue weighted by molar-refractivity contribution is 0.0674. The van der Waals surface area contributed by atoms with E-state index >= 15 is 0 Å². The summed E-state index contributed by atoms with van der Waals surface area (Å²) in [4.78, 5) is 30.7. The highest BCUT2D eigenvalue weighted by Gasteiger charge is 2.29. The van der Waals surface area contributed by atoms with Crippen molar-refractivity contribution in [1.29, 1.82) is 0 Å². The molecule has 2 aromatic rings. The summed E-state index contributed by atoms with van der Waals surface area (Å²) in [6.07, 6.45) is 1.62. The number of alkyl carbamates (subject to hydrolysis) is 1. The van der Waals surface area contributed by atoms with Gasteiger partial charge in [-0.25, -0.2) is 14.5 Å². The van der Waals surface area contributed by atoms with Gasteiger partial charge >= 0.3 is 6.09 Å². The van der Waals surface area contributed by atoms with Crippen LogP contribution < -0.4 is 5.32 Å². The third-order valence-corrected chi connectivity index (χ3v) is 5.25. The third kappa shape index (κ3) is 4.82. The molecule has 0 bridgehead atoms. The van der Waals surface area contributed by atoms with Gasteiger partial charge in [0.1, 0.15) is 11.5 Å². The van der Waals surface area contributed by atoms with Crippen LogP contribution in [0.5, 0.6) is 0 Å². The van der Waals surface area contributed by atoms with Crippen LogP contribution in [0.3, 0.4) is 0 Å². The smallest absolute Gasteiger partial charge is 0.407 e. The molecule has 1 atom stereocenters. The van der Waals surface area contributed by atoms with Gasteiger partial charge in [0.15, 0.2) is 0 Å². The number of carbonyl (C=O) groups excluding carboxylic acids is 2. The molecule has 1 saturated heterocycles. The van der Waals surface area contributed by atoms with Gasteiger partial charge in [0.25, 0.3) is 5.91 Å². The highest BCUT2D eigenvalue weighted by atomic mass is 35.5. The van der Waals surface area contributed by atoms with Crippen molar-refractivity contribution in [2.75, 3.05) is 19.7 Å². The number of carbonyl (C=O) groups is 2. The maximum absolute atomic E-state index is 13.0. The largest absolute Gasteiger partial charge is 0.450 e. The van der Waals surface area contributed by atoms with Crippen LogP contribution in [0.2, 0.25) is 10.0 Å². The molecular formula is C19H23Cl2N5O3. The van der Waals surface area contributed by atoms with E-state index in [4.69, 9.17) is 27.9 Å². The number of amides is 2. The maximum Gasteiger partial charge on any atom is 0.407 e. The zero-order chi connectivity index (χ0) is 21.0. The SMILES string of the molecule is CCOC(=O)NC1CCCN(C(=O)c2nc(CC)n(-c3c(Cl)cccc3Cl)n2)C1. The first-order chi connectivity index (χ1) is 13.9. The summed E-state index contributed by atoms with van der Waals surface area (Å²) in [5.74, 6) is 0.369. The van der Waals surface area contributed by atoms with Crippen molar-refractivity contribution in [2.24, 2.45) is 0 Å². The predicted octanol–water partition coefficient (Wildman–Crippen LogP) is 3.49. The van der Waals surface area contributed by atoms with Gasteiger partial charge in [-0.2, -0.15) is 0 Å². The first kappa shape index (κ1) is 21.4. The molecule has 8 nitrogen and oxygen atoms in total. The van der Waals surface area contributed by atoms with Crippen LogP contribution in [0.15, 0.2) is 18.2 Å². The van der Waals surface area contributed by atoms with Crippen LogP contribution >= 0.6 is 23.2 Å². The standard InChI is InChI=1S/C19H23Cl2N5O3/c1-3-15-23-17(24-26(15)16-13(20)8-5-9-14(16)21)18(27)25-10-6-7-12(11-25)22-19(28)29-4-2/h5,8-9,12H,3-4,6-7,10-11H2,1-2H3,(H,22,28). The molecule has 2 heterocycles. The summed E-state index contributed by atoms with van der Waals surface area (Å²) in [6.45, 7) is 4.91. The molecule has 1 aromatic heterocycles. The molecule has 0 saturated carbocycles. The number of halogens is 2. The molecule has 1 aliphatic rings. The Morgan fingerprint density at radius 3 is 2.66 bits per heavy atom. The first-order valence-corrected chi connectivity index (χ1v) is 10.3. The highest BCUT2D eigenvalue weighted by molar-refractivity contribution is 6.37. The Labute approximate surface area is 179 Å². The number of aryl methyl sites for hydroxylation is 1. The Kier molecular flexibility index (Phi) is 6.97. The van der Waals surface area contributed by atoms with Gasteiger partial charge in [0, 0.05) is 25.6 Å². The van der Waals surface area contributed by atoms with E-state index in [0.29, 0.717) is 47.7 Å². The Balaban J connectivity index is 1.81. The number of likely N-dealkylation sites (tertiary alicyclic amines) is 1. The number of hydrogen-bond donors (Lipinski definition) is 1. The minimum atomic E-state index is -0.476. The number of nitrogens with one attached hydrogen (secondary N) is 1. The molecule has 10 heteroatoms. The van der Waals surface area contributed by atoms with Gasteiger partial charge in [-0.05, 0) is 31.9 Å². The van der Waals surface area contributed by atoms with Gasteiger partial charge < -0.3 is 15.0 Å². The normalized spacial score (nSPS) is 16.6. The average molecular weight is 440 g/mol. The van der Waals surface area contributed by atoms with Crippen molar-refractivity contribution in [3.05, 3.63) is 39.9 Å². The number of para-hydroxylation sites is 1. The van der Waals surface area contributed by atoms with E-state index in [0.717, 1.165) is 12.8 Å². The van der Waals surface area contributed by atoms with E-state index in [1.54, 1.807) is 30.0 Å². The predicted molar refractivity (Wildman–Crippen MR) is 110 cm³/mol. The monoisotopic (exact) mass is 439 g/mol. The Bertz CT molecular complexity index is 882. The van der Waals surface area contributed by atoms with Crippen molar-refractivity contribution in [1.82, 2.24) is 25.0 Å². The topological polar surface area (TPSA) is 89.4 Å². The molecule has 0 aliphatic carbocycles. The van der Waals surface area contributed by atoms with Crippen molar-refractivity contribution in [3.63, 3.8) is 0 Å². The number of benzene rings is 1. The minimum absolute atomic E-state index is 0.0784. The van der Waals surface area contributed by atoms with Gasteiger partial charge in [0.05, 0.1) is 16.7 Å². The molecule has 0 spiro atoms. The van der Waals surface area contributed by atoms with Crippen molar-refractivity contribution in [3.8, 4) is 5.69 Å². The third-order valence-electron chi connectivity index (χ3n) is 4.64. The fraction of sp³-hybridized carbons (Fsp3) is 0.474. The van der Waals surface area contributed by atoms with Crippen LogP contribution in [0.4, 0.5) is 4.79 Å². The van der Waals surface area contributed by atoms with Gasteiger partial charge in [0.2, 0.25) is 5.82 Å². The number of ether oxygens (including phenoxy) is 1. The van der Waals surface area contributed by atoms with E-state index in [-0.39, 0.29) is 17.8 Å². The number of rotatable bonds is 5. The summed E-state index contributed by atoms with van der Waals surface area (Å²) in [5.41, 5.74) is 0.500. The maximum atomic E-state index is 13.0. The molecule has 1 N–H and O–H groups in total. The lowest BCUT2D eigenvalue weighted by Gasteiger charge is -2.32. The number of aromatic nitrogens is 3. The van der Waals surface area contributed by atoms with E-state index in [2.05, 4.69) is 15.4 Å². The van der Waals surface area contributed by atoms with E-state index in [1.165, 1.54) is 4.68 Å². The Hall–Kier alpha value is -2.32. The summed E-state index contributed by atoms with van der Waals surface area (Å²) < 4.78 is 6.45.